The van der Waals surface area contributed by atoms with Crippen LogP contribution in [0.15, 0.2) is 58.7 Å². The minimum atomic E-state index is -0.545. The molecule has 0 atom stereocenters. The van der Waals surface area contributed by atoms with E-state index in [1.54, 1.807) is 29.6 Å². The van der Waals surface area contributed by atoms with Crippen molar-refractivity contribution in [3.05, 3.63) is 69.1 Å². The summed E-state index contributed by atoms with van der Waals surface area (Å²) in [7, 11) is 0. The molecule has 3 rings (SSSR count). The number of ether oxygens (including phenoxy) is 2. The van der Waals surface area contributed by atoms with Crippen LogP contribution in [0.1, 0.15) is 12.5 Å². The predicted octanol–water partition coefficient (Wildman–Crippen LogP) is 2.51. The molecule has 8 nitrogen and oxygen atoms in total. The van der Waals surface area contributed by atoms with E-state index in [0.717, 1.165) is 22.5 Å². The molecule has 3 aromatic rings. The van der Waals surface area contributed by atoms with Gasteiger partial charge in [0.1, 0.15) is 6.54 Å². The van der Waals surface area contributed by atoms with Crippen LogP contribution in [0.3, 0.4) is 0 Å². The van der Waals surface area contributed by atoms with Gasteiger partial charge in [-0.05, 0) is 31.5 Å². The van der Waals surface area contributed by atoms with E-state index in [-0.39, 0.29) is 18.0 Å². The highest BCUT2D eigenvalue weighted by molar-refractivity contribution is 7.07. The molecular weight excluding hydrogens is 418 g/mol. The summed E-state index contributed by atoms with van der Waals surface area (Å²) < 4.78 is 12.3. The van der Waals surface area contributed by atoms with Crippen LogP contribution >= 0.6 is 11.3 Å². The maximum absolute atomic E-state index is 12.3. The summed E-state index contributed by atoms with van der Waals surface area (Å²) in [5.41, 5.74) is 7.17. The standard InChI is InChI=1S/C22H23N3O5S/c1-3-29-18-6-4-5-7-19(18)30-13-21(27)24-23-20(26)12-25-17(14-31-22(25)28)16-10-8-15(2)9-11-16/h4-11,14H,3,12-13H2,1-2H3,(H,23,26)(H,24,27). The quantitative estimate of drug-likeness (QED) is 0.524. The molecule has 1 heterocycles. The first-order chi connectivity index (χ1) is 15.0. The SMILES string of the molecule is CCOc1ccccc1OCC(=O)NNC(=O)Cn1c(-c2ccc(C)cc2)csc1=O. The third kappa shape index (κ3) is 5.95. The van der Waals surface area contributed by atoms with Gasteiger partial charge >= 0.3 is 4.87 Å². The van der Waals surface area contributed by atoms with E-state index >= 15 is 0 Å². The number of hydrogen-bond donors (Lipinski definition) is 2. The number of para-hydroxylation sites is 2. The number of amides is 2. The average molecular weight is 442 g/mol. The van der Waals surface area contributed by atoms with E-state index in [0.29, 0.717) is 23.8 Å². The Balaban J connectivity index is 1.54. The van der Waals surface area contributed by atoms with Crippen molar-refractivity contribution in [2.75, 3.05) is 13.2 Å². The molecule has 0 aliphatic carbocycles. The second-order valence-corrected chi connectivity index (χ2v) is 7.42. The highest BCUT2D eigenvalue weighted by Crippen LogP contribution is 2.26. The molecule has 2 N–H and O–H groups in total. The maximum atomic E-state index is 12.3. The fourth-order valence-corrected chi connectivity index (χ4v) is 3.54. The Kier molecular flexibility index (Phi) is 7.45. The molecule has 2 amide bonds. The molecule has 0 saturated carbocycles. The number of carbonyl (C=O) groups is 2. The predicted molar refractivity (Wildman–Crippen MR) is 118 cm³/mol. The fourth-order valence-electron chi connectivity index (χ4n) is 2.78. The molecule has 0 aliphatic rings. The molecule has 0 spiro atoms. The number of nitrogens with zero attached hydrogens (tertiary/aromatic N) is 1. The Morgan fingerprint density at radius 3 is 2.29 bits per heavy atom. The van der Waals surface area contributed by atoms with Crippen LogP contribution in [0.2, 0.25) is 0 Å². The normalized spacial score (nSPS) is 10.4. The number of hydrogen-bond acceptors (Lipinski definition) is 6. The molecule has 0 bridgehead atoms. The molecular formula is C22H23N3O5S. The Hall–Kier alpha value is -3.59. The summed E-state index contributed by atoms with van der Waals surface area (Å²) >= 11 is 1.02. The summed E-state index contributed by atoms with van der Waals surface area (Å²) in [5, 5.41) is 1.71. The summed E-state index contributed by atoms with van der Waals surface area (Å²) in [6.07, 6.45) is 0. The van der Waals surface area contributed by atoms with Crippen LogP contribution in [-0.4, -0.2) is 29.6 Å². The highest BCUT2D eigenvalue weighted by atomic mass is 32.1. The molecule has 1 aromatic heterocycles. The third-order valence-electron chi connectivity index (χ3n) is 4.28. The fraction of sp³-hybridized carbons (Fsp3) is 0.227. The molecule has 31 heavy (non-hydrogen) atoms. The van der Waals surface area contributed by atoms with Crippen LogP contribution < -0.4 is 25.2 Å². The zero-order valence-electron chi connectivity index (χ0n) is 17.2. The van der Waals surface area contributed by atoms with Crippen molar-refractivity contribution in [2.45, 2.75) is 20.4 Å². The number of carbonyl (C=O) groups excluding carboxylic acids is 2. The topological polar surface area (TPSA) is 98.7 Å². The molecule has 0 aliphatic heterocycles. The molecule has 0 unspecified atom stereocenters. The van der Waals surface area contributed by atoms with Gasteiger partial charge in [0.05, 0.1) is 12.3 Å². The van der Waals surface area contributed by atoms with Crippen molar-refractivity contribution in [1.29, 1.82) is 0 Å². The average Bonchev–Trinajstić information content (AvgIpc) is 3.12. The maximum Gasteiger partial charge on any atom is 0.308 e. The van der Waals surface area contributed by atoms with Gasteiger partial charge in [-0.25, -0.2) is 0 Å². The van der Waals surface area contributed by atoms with Crippen LogP contribution in [0.25, 0.3) is 11.3 Å². The Morgan fingerprint density at radius 1 is 0.968 bits per heavy atom. The zero-order valence-corrected chi connectivity index (χ0v) is 18.0. The van der Waals surface area contributed by atoms with Gasteiger partial charge in [-0.15, -0.1) is 0 Å². The lowest BCUT2D eigenvalue weighted by atomic mass is 10.1. The van der Waals surface area contributed by atoms with Gasteiger partial charge in [-0.2, -0.15) is 0 Å². The van der Waals surface area contributed by atoms with Gasteiger partial charge in [-0.1, -0.05) is 53.3 Å². The van der Waals surface area contributed by atoms with E-state index in [2.05, 4.69) is 10.9 Å². The monoisotopic (exact) mass is 441 g/mol. The molecule has 9 heteroatoms. The van der Waals surface area contributed by atoms with Crippen LogP contribution in [0.5, 0.6) is 11.5 Å². The first kappa shape index (κ1) is 22.1. The van der Waals surface area contributed by atoms with Gasteiger partial charge in [-0.3, -0.25) is 29.8 Å². The summed E-state index contributed by atoms with van der Waals surface area (Å²) in [6, 6.07) is 14.7. The number of thiazole rings is 1. The first-order valence-corrected chi connectivity index (χ1v) is 10.5. The van der Waals surface area contributed by atoms with Gasteiger partial charge in [0.25, 0.3) is 11.8 Å². The van der Waals surface area contributed by atoms with Gasteiger partial charge in [0, 0.05) is 5.38 Å². The first-order valence-electron chi connectivity index (χ1n) is 9.65. The van der Waals surface area contributed by atoms with E-state index in [1.165, 1.54) is 4.57 Å². The smallest absolute Gasteiger partial charge is 0.308 e. The Morgan fingerprint density at radius 2 is 1.61 bits per heavy atom. The number of benzene rings is 2. The second-order valence-electron chi connectivity index (χ2n) is 6.60. The Labute approximate surface area is 183 Å². The number of hydrazine groups is 1. The lowest BCUT2D eigenvalue weighted by Gasteiger charge is -2.12. The van der Waals surface area contributed by atoms with Crippen LogP contribution in [0.4, 0.5) is 0 Å². The van der Waals surface area contributed by atoms with E-state index in [4.69, 9.17) is 9.47 Å². The molecule has 0 radical (unpaired) electrons. The summed E-state index contributed by atoms with van der Waals surface area (Å²) in [6.45, 7) is 3.76. The highest BCUT2D eigenvalue weighted by Gasteiger charge is 2.14. The van der Waals surface area contributed by atoms with Crippen molar-refractivity contribution < 1.29 is 19.1 Å². The number of nitrogens with one attached hydrogen (secondary N) is 2. The van der Waals surface area contributed by atoms with Crippen molar-refractivity contribution in [1.82, 2.24) is 15.4 Å². The lowest BCUT2D eigenvalue weighted by Crippen LogP contribution is -2.45. The molecule has 0 fully saturated rings. The molecule has 0 saturated heterocycles. The molecule has 162 valence electrons. The number of aryl methyl sites for hydroxylation is 1. The summed E-state index contributed by atoms with van der Waals surface area (Å²) in [5.74, 6) is -0.117. The van der Waals surface area contributed by atoms with Gasteiger partial charge in [0.2, 0.25) is 0 Å². The summed E-state index contributed by atoms with van der Waals surface area (Å²) in [4.78, 5) is 36.2. The van der Waals surface area contributed by atoms with Crippen LogP contribution in [0, 0.1) is 6.92 Å². The number of rotatable bonds is 8. The van der Waals surface area contributed by atoms with Crippen LogP contribution in [-0.2, 0) is 16.1 Å². The van der Waals surface area contributed by atoms with Crippen molar-refractivity contribution in [2.24, 2.45) is 0 Å². The minimum absolute atomic E-state index is 0.222. The van der Waals surface area contributed by atoms with Gasteiger partial charge in [0.15, 0.2) is 18.1 Å². The van der Waals surface area contributed by atoms with E-state index < -0.39 is 11.8 Å². The van der Waals surface area contributed by atoms with Crippen molar-refractivity contribution in [3.63, 3.8) is 0 Å². The van der Waals surface area contributed by atoms with Crippen molar-refractivity contribution >= 4 is 23.2 Å². The minimum Gasteiger partial charge on any atom is -0.490 e. The zero-order chi connectivity index (χ0) is 22.2. The Bertz CT molecular complexity index is 1100. The third-order valence-corrected chi connectivity index (χ3v) is 5.04. The van der Waals surface area contributed by atoms with Crippen molar-refractivity contribution in [3.8, 4) is 22.8 Å². The second kappa shape index (κ2) is 10.4. The lowest BCUT2D eigenvalue weighted by molar-refractivity contribution is -0.130. The number of aromatic nitrogens is 1. The van der Waals surface area contributed by atoms with Gasteiger partial charge < -0.3 is 9.47 Å². The largest absolute Gasteiger partial charge is 0.490 e. The molecule has 2 aromatic carbocycles. The van der Waals surface area contributed by atoms with E-state index in [1.807, 2.05) is 38.1 Å². The van der Waals surface area contributed by atoms with E-state index in [9.17, 15) is 14.4 Å².